The van der Waals surface area contributed by atoms with E-state index in [4.69, 9.17) is 4.74 Å². The highest BCUT2D eigenvalue weighted by atomic mass is 79.9. The van der Waals surface area contributed by atoms with Crippen molar-refractivity contribution in [3.8, 4) is 5.75 Å². The summed E-state index contributed by atoms with van der Waals surface area (Å²) in [6.07, 6.45) is -4.31. The van der Waals surface area contributed by atoms with Gasteiger partial charge >= 0.3 is 6.18 Å². The Hall–Kier alpha value is -0.310. The summed E-state index contributed by atoms with van der Waals surface area (Å²) < 4.78 is 46.9. The summed E-state index contributed by atoms with van der Waals surface area (Å²) in [7, 11) is 1.84. The van der Waals surface area contributed by atoms with Crippen LogP contribution in [0, 0.1) is 0 Å². The third kappa shape index (κ3) is 6.43. The fourth-order valence-corrected chi connectivity index (χ4v) is 2.96. The first-order valence-electron chi connectivity index (χ1n) is 5.73. The van der Waals surface area contributed by atoms with Gasteiger partial charge in [-0.25, -0.2) is 0 Å². The lowest BCUT2D eigenvalue weighted by Crippen LogP contribution is -2.19. The van der Waals surface area contributed by atoms with Crippen LogP contribution in [-0.2, 0) is 11.3 Å². The fourth-order valence-electron chi connectivity index (χ4n) is 1.45. The summed E-state index contributed by atoms with van der Waals surface area (Å²) in [5.74, 6) is 0.542. The Morgan fingerprint density at radius 3 is 2.25 bits per heavy atom. The molecular weight excluding hydrogens is 407 g/mol. The highest BCUT2D eigenvalue weighted by Crippen LogP contribution is 2.34. The molecule has 1 rings (SSSR count). The van der Waals surface area contributed by atoms with Crippen molar-refractivity contribution in [2.24, 2.45) is 0 Å². The maximum Gasteiger partial charge on any atom is 0.411 e. The second-order valence-corrected chi connectivity index (χ2v) is 5.64. The third-order valence-corrected chi connectivity index (χ3v) is 3.36. The van der Waals surface area contributed by atoms with Gasteiger partial charge in [-0.05, 0) is 56.6 Å². The molecule has 1 aromatic carbocycles. The largest absolute Gasteiger partial charge is 0.489 e. The molecule has 0 amide bonds. The maximum atomic E-state index is 11.9. The molecule has 8 heteroatoms. The van der Waals surface area contributed by atoms with Gasteiger partial charge in [-0.1, -0.05) is 0 Å². The number of benzene rings is 1. The number of halogens is 5. The molecule has 0 saturated carbocycles. The topological polar surface area (TPSA) is 30.5 Å². The fraction of sp³-hybridized carbons (Fsp3) is 0.500. The van der Waals surface area contributed by atoms with E-state index in [2.05, 4.69) is 41.9 Å². The number of rotatable bonds is 7. The quantitative estimate of drug-likeness (QED) is 0.679. The van der Waals surface area contributed by atoms with Crippen LogP contribution in [0.2, 0.25) is 0 Å². The van der Waals surface area contributed by atoms with Crippen LogP contribution in [0.4, 0.5) is 13.2 Å². The van der Waals surface area contributed by atoms with Crippen LogP contribution < -0.4 is 10.1 Å². The van der Waals surface area contributed by atoms with Gasteiger partial charge in [-0.2, -0.15) is 13.2 Å². The summed E-state index contributed by atoms with van der Waals surface area (Å²) in [6.45, 7) is -0.651. The van der Waals surface area contributed by atoms with Crippen LogP contribution in [-0.4, -0.2) is 33.0 Å². The van der Waals surface area contributed by atoms with E-state index in [1.54, 1.807) is 0 Å². The highest BCUT2D eigenvalue weighted by Gasteiger charge is 2.27. The zero-order chi connectivity index (χ0) is 15.2. The van der Waals surface area contributed by atoms with Crippen LogP contribution in [0.25, 0.3) is 0 Å². The Kier molecular flexibility index (Phi) is 7.28. The maximum absolute atomic E-state index is 11.9. The lowest BCUT2D eigenvalue weighted by molar-refractivity contribution is -0.175. The molecule has 0 radical (unpaired) electrons. The number of ether oxygens (including phenoxy) is 2. The summed E-state index contributed by atoms with van der Waals surface area (Å²) in [4.78, 5) is 0. The Labute approximate surface area is 132 Å². The first kappa shape index (κ1) is 17.7. The second-order valence-electron chi connectivity index (χ2n) is 3.94. The van der Waals surface area contributed by atoms with Gasteiger partial charge < -0.3 is 14.8 Å². The predicted octanol–water partition coefficient (Wildman–Crippen LogP) is 3.89. The molecule has 0 aliphatic carbocycles. The van der Waals surface area contributed by atoms with E-state index in [1.807, 2.05) is 19.2 Å². The predicted molar refractivity (Wildman–Crippen MR) is 77.0 cm³/mol. The standard InChI is InChI=1S/C12H14Br2F3NO2/c1-18-6-8-4-9(13)11(10(14)5-8)20-3-2-19-7-12(15,16)17/h4-5,18H,2-3,6-7H2,1H3. The minimum atomic E-state index is -4.31. The molecule has 0 unspecified atom stereocenters. The SMILES string of the molecule is CNCc1cc(Br)c(OCCOCC(F)(F)F)c(Br)c1. The van der Waals surface area contributed by atoms with Crippen LogP contribution >= 0.6 is 31.9 Å². The van der Waals surface area contributed by atoms with Crippen molar-refractivity contribution >= 4 is 31.9 Å². The molecule has 0 fully saturated rings. The lowest BCUT2D eigenvalue weighted by Gasteiger charge is -2.13. The van der Waals surface area contributed by atoms with Crippen molar-refractivity contribution in [1.29, 1.82) is 0 Å². The van der Waals surface area contributed by atoms with E-state index in [1.165, 1.54) is 0 Å². The Balaban J connectivity index is 2.48. The van der Waals surface area contributed by atoms with Gasteiger partial charge in [0, 0.05) is 6.54 Å². The molecule has 0 spiro atoms. The lowest BCUT2D eigenvalue weighted by atomic mass is 10.2. The molecule has 3 nitrogen and oxygen atoms in total. The average Bonchev–Trinajstić information content (AvgIpc) is 2.30. The summed E-state index contributed by atoms with van der Waals surface area (Å²) in [5, 5.41) is 3.02. The van der Waals surface area contributed by atoms with Crippen molar-refractivity contribution in [2.75, 3.05) is 26.9 Å². The molecule has 1 N–H and O–H groups in total. The van der Waals surface area contributed by atoms with E-state index in [0.717, 1.165) is 14.5 Å². The molecular formula is C12H14Br2F3NO2. The van der Waals surface area contributed by atoms with E-state index in [9.17, 15) is 13.2 Å². The van der Waals surface area contributed by atoms with Gasteiger partial charge in [0.1, 0.15) is 19.0 Å². The summed E-state index contributed by atoms with van der Waals surface area (Å²) in [6, 6.07) is 3.76. The van der Waals surface area contributed by atoms with Crippen LogP contribution in [0.15, 0.2) is 21.1 Å². The molecule has 0 atom stereocenters. The van der Waals surface area contributed by atoms with E-state index in [0.29, 0.717) is 12.3 Å². The van der Waals surface area contributed by atoms with Gasteiger partial charge in [0.05, 0.1) is 15.6 Å². The van der Waals surface area contributed by atoms with E-state index >= 15 is 0 Å². The van der Waals surface area contributed by atoms with E-state index < -0.39 is 12.8 Å². The van der Waals surface area contributed by atoms with Crippen molar-refractivity contribution in [3.05, 3.63) is 26.6 Å². The molecule has 0 bridgehead atoms. The molecule has 114 valence electrons. The smallest absolute Gasteiger partial charge is 0.411 e. The first-order valence-corrected chi connectivity index (χ1v) is 7.32. The molecule has 0 saturated heterocycles. The first-order chi connectivity index (χ1) is 9.33. The average molecular weight is 421 g/mol. The Morgan fingerprint density at radius 1 is 1.15 bits per heavy atom. The molecule has 0 aliphatic heterocycles. The van der Waals surface area contributed by atoms with Gasteiger partial charge in [0.15, 0.2) is 0 Å². The highest BCUT2D eigenvalue weighted by molar-refractivity contribution is 9.11. The molecule has 20 heavy (non-hydrogen) atoms. The Bertz CT molecular complexity index is 418. The van der Waals surface area contributed by atoms with Crippen LogP contribution in [0.1, 0.15) is 5.56 Å². The zero-order valence-corrected chi connectivity index (χ0v) is 13.9. The summed E-state index contributed by atoms with van der Waals surface area (Å²) in [5.41, 5.74) is 1.05. The van der Waals surface area contributed by atoms with Crippen molar-refractivity contribution in [1.82, 2.24) is 5.32 Å². The second kappa shape index (κ2) is 8.21. The molecule has 0 heterocycles. The minimum absolute atomic E-state index is 0.0403. The van der Waals surface area contributed by atoms with Crippen molar-refractivity contribution in [2.45, 2.75) is 12.7 Å². The molecule has 0 aliphatic rings. The van der Waals surface area contributed by atoms with E-state index in [-0.39, 0.29) is 13.2 Å². The van der Waals surface area contributed by atoms with Crippen molar-refractivity contribution in [3.63, 3.8) is 0 Å². The van der Waals surface area contributed by atoms with Gasteiger partial charge in [0.25, 0.3) is 0 Å². The number of hydrogen-bond acceptors (Lipinski definition) is 3. The molecule has 1 aromatic rings. The van der Waals surface area contributed by atoms with Crippen LogP contribution in [0.3, 0.4) is 0 Å². The van der Waals surface area contributed by atoms with Crippen molar-refractivity contribution < 1.29 is 22.6 Å². The number of hydrogen-bond donors (Lipinski definition) is 1. The summed E-state index contributed by atoms with van der Waals surface area (Å²) >= 11 is 6.73. The van der Waals surface area contributed by atoms with Crippen LogP contribution in [0.5, 0.6) is 5.75 Å². The van der Waals surface area contributed by atoms with Gasteiger partial charge in [0.2, 0.25) is 0 Å². The van der Waals surface area contributed by atoms with Gasteiger partial charge in [-0.15, -0.1) is 0 Å². The molecule has 0 aromatic heterocycles. The zero-order valence-electron chi connectivity index (χ0n) is 10.7. The number of nitrogens with one attached hydrogen (secondary N) is 1. The minimum Gasteiger partial charge on any atom is -0.489 e. The monoisotopic (exact) mass is 419 g/mol. The number of alkyl halides is 3. The Morgan fingerprint density at radius 2 is 1.75 bits per heavy atom. The third-order valence-electron chi connectivity index (χ3n) is 2.18. The van der Waals surface area contributed by atoms with Gasteiger partial charge in [-0.3, -0.25) is 0 Å². The normalized spacial score (nSPS) is 11.7.